The van der Waals surface area contributed by atoms with E-state index in [4.69, 9.17) is 23.2 Å². The highest BCUT2D eigenvalue weighted by atomic mass is 35.5. The lowest BCUT2D eigenvalue weighted by atomic mass is 10.1. The topological polar surface area (TPSA) is 133 Å². The van der Waals surface area contributed by atoms with E-state index < -0.39 is 32.0 Å². The molecule has 0 saturated carbocycles. The van der Waals surface area contributed by atoms with Crippen LogP contribution in [0, 0.1) is 6.92 Å². The van der Waals surface area contributed by atoms with Crippen molar-refractivity contribution in [3.63, 3.8) is 0 Å². The molecule has 16 heteroatoms. The molecule has 4 heterocycles. The molecule has 10 nitrogen and oxygen atoms in total. The molecule has 0 unspecified atom stereocenters. The van der Waals surface area contributed by atoms with Crippen LogP contribution in [0.1, 0.15) is 36.1 Å². The lowest BCUT2D eigenvalue weighted by molar-refractivity contribution is -0.143. The van der Waals surface area contributed by atoms with Crippen molar-refractivity contribution in [2.45, 2.75) is 48.9 Å². The van der Waals surface area contributed by atoms with Gasteiger partial charge in [-0.15, -0.1) is 22.7 Å². The highest BCUT2D eigenvalue weighted by molar-refractivity contribution is 7.92. The maximum absolute atomic E-state index is 13.3. The van der Waals surface area contributed by atoms with Crippen LogP contribution in [0.15, 0.2) is 39.9 Å². The Hall–Kier alpha value is -2.04. The van der Waals surface area contributed by atoms with Crippen LogP contribution in [0.3, 0.4) is 0 Å². The number of nitrogens with one attached hydrogen (secondary N) is 2. The Balaban J connectivity index is 1.19. The summed E-state index contributed by atoms with van der Waals surface area (Å²) < 4.78 is 58.3. The van der Waals surface area contributed by atoms with Crippen LogP contribution >= 0.6 is 45.9 Å². The van der Waals surface area contributed by atoms with Crippen molar-refractivity contribution in [2.24, 2.45) is 0 Å². The van der Waals surface area contributed by atoms with E-state index in [0.717, 1.165) is 15.5 Å². The number of benzene rings is 1. The van der Waals surface area contributed by atoms with Crippen LogP contribution in [0.5, 0.6) is 0 Å². The molecule has 43 heavy (non-hydrogen) atoms. The predicted octanol–water partition coefficient (Wildman–Crippen LogP) is 4.43. The van der Waals surface area contributed by atoms with Crippen molar-refractivity contribution in [2.75, 3.05) is 26.2 Å². The molecule has 2 N–H and O–H groups in total. The van der Waals surface area contributed by atoms with Crippen LogP contribution in [0.4, 0.5) is 0 Å². The summed E-state index contributed by atoms with van der Waals surface area (Å²) in [6, 6.07) is 7.26. The number of nitrogens with zero attached hydrogens (tertiary/aromatic N) is 2. The molecule has 2 aromatic heterocycles. The summed E-state index contributed by atoms with van der Waals surface area (Å²) in [6.07, 6.45) is 3.58. The van der Waals surface area contributed by atoms with Gasteiger partial charge in [-0.3, -0.25) is 9.59 Å². The van der Waals surface area contributed by atoms with Crippen LogP contribution in [-0.2, 0) is 29.6 Å². The van der Waals surface area contributed by atoms with Crippen molar-refractivity contribution in [3.05, 3.63) is 55.5 Å². The maximum atomic E-state index is 13.3. The summed E-state index contributed by atoms with van der Waals surface area (Å²) in [4.78, 5) is 30.1. The van der Waals surface area contributed by atoms with Gasteiger partial charge in [-0.25, -0.2) is 21.6 Å². The second-order valence-electron chi connectivity index (χ2n) is 10.5. The van der Waals surface area contributed by atoms with Gasteiger partial charge in [0.05, 0.1) is 10.9 Å². The minimum atomic E-state index is -3.92. The molecule has 3 aromatic rings. The fourth-order valence-electron chi connectivity index (χ4n) is 5.35. The van der Waals surface area contributed by atoms with E-state index in [0.29, 0.717) is 58.6 Å². The number of sulfonamides is 2. The Labute approximate surface area is 268 Å². The fraction of sp³-hybridized carbons (Fsp3) is 0.407. The first-order valence-electron chi connectivity index (χ1n) is 13.6. The molecule has 2 amide bonds. The molecule has 2 saturated heterocycles. The lowest BCUT2D eigenvalue weighted by Gasteiger charge is -2.34. The molecule has 232 valence electrons. The van der Waals surface area contributed by atoms with Crippen molar-refractivity contribution < 1.29 is 26.4 Å². The molecule has 1 aromatic carbocycles. The Morgan fingerprint density at radius 1 is 1.07 bits per heavy atom. The standard InChI is InChI=1S/C27H30Cl2N4O6S4/c1-17-21-14-18(28)6-8-23(21)41-27(17)43(38,39)30-15-19-4-2-12-33(19)25(34)16-32-11-3-5-22(26(32)35)31-42(36,37)13-10-20-7-9-24(29)40-20/h6-10,13-14,19,22,30-31H,2-5,11-12,15-16H2,1H3/b13-10+/t19-,22-/m0/s1. The SMILES string of the molecule is Cc1c(S(=O)(=O)NC[C@@H]2CCCN2C(=O)CN2CCC[C@H](NS(=O)(=O)/C=C/c3ccc(Cl)s3)C2=O)sc2ccc(Cl)cc12. The van der Waals surface area contributed by atoms with Gasteiger partial charge in [0.25, 0.3) is 0 Å². The summed E-state index contributed by atoms with van der Waals surface area (Å²) in [5.41, 5.74) is 0.620. The molecule has 2 aliphatic rings. The number of piperidine rings is 1. The van der Waals surface area contributed by atoms with E-state index in [1.807, 2.05) is 0 Å². The number of fused-ring (bicyclic) bond motifs is 1. The first-order valence-corrected chi connectivity index (χ1v) is 19.0. The molecule has 0 radical (unpaired) electrons. The number of hydrogen-bond donors (Lipinski definition) is 2. The molecule has 2 atom stereocenters. The summed E-state index contributed by atoms with van der Waals surface area (Å²) in [6.45, 7) is 2.35. The molecule has 2 fully saturated rings. The van der Waals surface area contributed by atoms with Crippen LogP contribution in [0.25, 0.3) is 16.2 Å². The number of rotatable bonds is 10. The summed E-state index contributed by atoms with van der Waals surface area (Å²) in [5.74, 6) is -0.770. The molecule has 5 rings (SSSR count). The van der Waals surface area contributed by atoms with Gasteiger partial charge < -0.3 is 9.80 Å². The molecule has 0 spiro atoms. The Kier molecular flexibility index (Phi) is 9.88. The van der Waals surface area contributed by atoms with Gasteiger partial charge in [0.1, 0.15) is 10.3 Å². The van der Waals surface area contributed by atoms with E-state index in [2.05, 4.69) is 9.44 Å². The van der Waals surface area contributed by atoms with Gasteiger partial charge in [0, 0.05) is 45.7 Å². The zero-order valence-corrected chi connectivity index (χ0v) is 27.9. The van der Waals surface area contributed by atoms with Gasteiger partial charge in [0.2, 0.25) is 31.9 Å². The molecular formula is C27H30Cl2N4O6S4. The maximum Gasteiger partial charge on any atom is 0.250 e. The summed E-state index contributed by atoms with van der Waals surface area (Å²) >= 11 is 14.4. The van der Waals surface area contributed by atoms with E-state index >= 15 is 0 Å². The Morgan fingerprint density at radius 2 is 1.84 bits per heavy atom. The largest absolute Gasteiger partial charge is 0.337 e. The first-order chi connectivity index (χ1) is 20.3. The number of likely N-dealkylation sites (tertiary alicyclic amines) is 2. The monoisotopic (exact) mass is 704 g/mol. The second-order valence-corrected chi connectivity index (χ2v) is 17.2. The zero-order chi connectivity index (χ0) is 30.9. The van der Waals surface area contributed by atoms with Crippen LogP contribution in [0.2, 0.25) is 9.36 Å². The number of thiophene rings is 2. The van der Waals surface area contributed by atoms with E-state index in [1.165, 1.54) is 33.6 Å². The number of halogens is 2. The number of carbonyl (C=O) groups excluding carboxylic acids is 2. The van der Waals surface area contributed by atoms with Crippen molar-refractivity contribution in [1.29, 1.82) is 0 Å². The Bertz CT molecular complexity index is 1790. The molecule has 0 bridgehead atoms. The highest BCUT2D eigenvalue weighted by Crippen LogP contribution is 2.35. The zero-order valence-electron chi connectivity index (χ0n) is 23.1. The summed E-state index contributed by atoms with van der Waals surface area (Å²) in [5, 5.41) is 2.31. The average molecular weight is 706 g/mol. The number of hydrogen-bond acceptors (Lipinski definition) is 8. The van der Waals surface area contributed by atoms with E-state index in [9.17, 15) is 26.4 Å². The molecular weight excluding hydrogens is 675 g/mol. The third-order valence-electron chi connectivity index (χ3n) is 7.47. The number of carbonyl (C=O) groups is 2. The highest BCUT2D eigenvalue weighted by Gasteiger charge is 2.36. The number of amides is 2. The Morgan fingerprint density at radius 3 is 2.58 bits per heavy atom. The lowest BCUT2D eigenvalue weighted by Crippen LogP contribution is -2.55. The van der Waals surface area contributed by atoms with E-state index in [1.54, 1.807) is 42.2 Å². The molecule has 0 aliphatic carbocycles. The second kappa shape index (κ2) is 13.1. The third-order valence-corrected chi connectivity index (χ3v) is 13.3. The summed E-state index contributed by atoms with van der Waals surface area (Å²) in [7, 11) is -7.76. The predicted molar refractivity (Wildman–Crippen MR) is 172 cm³/mol. The van der Waals surface area contributed by atoms with Gasteiger partial charge in [0.15, 0.2) is 0 Å². The van der Waals surface area contributed by atoms with Crippen molar-refractivity contribution in [1.82, 2.24) is 19.2 Å². The average Bonchev–Trinajstić information content (AvgIpc) is 3.68. The smallest absolute Gasteiger partial charge is 0.250 e. The van der Waals surface area contributed by atoms with Gasteiger partial charge in [-0.1, -0.05) is 23.2 Å². The fourth-order valence-corrected chi connectivity index (χ4v) is 10.5. The normalized spacial score (nSPS) is 20.1. The van der Waals surface area contributed by atoms with Crippen LogP contribution < -0.4 is 9.44 Å². The van der Waals surface area contributed by atoms with Crippen LogP contribution in [-0.4, -0.2) is 76.7 Å². The first kappa shape index (κ1) is 32.4. The van der Waals surface area contributed by atoms with E-state index in [-0.39, 0.29) is 29.2 Å². The third kappa shape index (κ3) is 7.61. The van der Waals surface area contributed by atoms with Crippen molar-refractivity contribution in [3.8, 4) is 0 Å². The van der Waals surface area contributed by atoms with Gasteiger partial charge in [-0.2, -0.15) is 4.72 Å². The molecule has 2 aliphatic heterocycles. The number of aryl methyl sites for hydroxylation is 1. The minimum Gasteiger partial charge on any atom is -0.337 e. The minimum absolute atomic E-state index is 0.0423. The van der Waals surface area contributed by atoms with Gasteiger partial charge in [-0.05, 0) is 80.0 Å². The quantitative estimate of drug-likeness (QED) is 0.321. The van der Waals surface area contributed by atoms with Crippen molar-refractivity contribution >= 4 is 93.9 Å². The van der Waals surface area contributed by atoms with Gasteiger partial charge >= 0.3 is 0 Å².